The number of hydrogen-bond donors (Lipinski definition) is 3. The Morgan fingerprint density at radius 3 is 2.59 bits per heavy atom. The van der Waals surface area contributed by atoms with Crippen LogP contribution in [0.2, 0.25) is 0 Å². The first-order valence-corrected chi connectivity index (χ1v) is 9.56. The smallest absolute Gasteiger partial charge is 0.126 e. The minimum absolute atomic E-state index is 0.0860. The van der Waals surface area contributed by atoms with Gasteiger partial charge < -0.3 is 10.2 Å². The zero-order valence-electron chi connectivity index (χ0n) is 13.9. The Morgan fingerprint density at radius 1 is 1.05 bits per heavy atom. The molecule has 2 N–H and O–H groups in total. The lowest BCUT2D eigenvalue weighted by Crippen LogP contribution is -2.52. The summed E-state index contributed by atoms with van der Waals surface area (Å²) in [5, 5.41) is 20.8. The third kappa shape index (κ3) is 2.01. The Kier molecular flexibility index (Phi) is 3.37. The highest BCUT2D eigenvalue weighted by Gasteiger charge is 2.59. The first kappa shape index (κ1) is 15.5. The van der Waals surface area contributed by atoms with E-state index in [1.54, 1.807) is 0 Å². The molecule has 3 heteroatoms. The average molecular weight is 323 g/mol. The van der Waals surface area contributed by atoms with Gasteiger partial charge in [-0.05, 0) is 86.0 Å². The molecule has 0 aromatic carbocycles. The summed E-state index contributed by atoms with van der Waals surface area (Å²) in [7, 11) is 0. The minimum atomic E-state index is -0.894. The Balaban J connectivity index is 1.68. The van der Waals surface area contributed by atoms with Crippen molar-refractivity contribution in [1.29, 1.82) is 0 Å². The van der Waals surface area contributed by atoms with Crippen molar-refractivity contribution in [2.24, 2.45) is 28.6 Å². The molecule has 4 aliphatic carbocycles. The van der Waals surface area contributed by atoms with Gasteiger partial charge in [-0.1, -0.05) is 19.4 Å². The van der Waals surface area contributed by atoms with E-state index < -0.39 is 4.93 Å². The number of thiol groups is 1. The lowest BCUT2D eigenvalue weighted by atomic mass is 9.47. The van der Waals surface area contributed by atoms with Gasteiger partial charge in [0, 0.05) is 0 Å². The molecule has 0 heterocycles. The zero-order valence-corrected chi connectivity index (χ0v) is 14.8. The molecule has 2 nitrogen and oxygen atoms in total. The van der Waals surface area contributed by atoms with E-state index in [1.165, 1.54) is 31.3 Å². The van der Waals surface area contributed by atoms with Crippen LogP contribution in [-0.2, 0) is 0 Å². The van der Waals surface area contributed by atoms with Gasteiger partial charge in [-0.15, -0.1) is 12.6 Å². The summed E-state index contributed by atoms with van der Waals surface area (Å²) in [5.74, 6) is 2.21. The molecule has 0 radical (unpaired) electrons. The second-order valence-corrected chi connectivity index (χ2v) is 9.79. The SMILES string of the molecule is C[C@]12CC[C@H]3[C@@H](CCC4=C[C@@](O)(S)CC[C@@]43C)[C@@H]1CC[C@@H]2O. The zero-order chi connectivity index (χ0) is 15.8. The molecule has 0 bridgehead atoms. The van der Waals surface area contributed by atoms with Crippen LogP contribution < -0.4 is 0 Å². The van der Waals surface area contributed by atoms with Gasteiger partial charge in [0.1, 0.15) is 4.93 Å². The third-order valence-electron chi connectivity index (χ3n) is 8.10. The van der Waals surface area contributed by atoms with Crippen LogP contribution >= 0.6 is 12.6 Å². The van der Waals surface area contributed by atoms with Gasteiger partial charge in [-0.2, -0.15) is 0 Å². The molecule has 0 amide bonds. The molecule has 7 atom stereocenters. The summed E-state index contributed by atoms with van der Waals surface area (Å²) >= 11 is 4.42. The Labute approximate surface area is 139 Å². The van der Waals surface area contributed by atoms with Gasteiger partial charge in [0.05, 0.1) is 6.10 Å². The van der Waals surface area contributed by atoms with Gasteiger partial charge in [-0.3, -0.25) is 0 Å². The third-order valence-corrected chi connectivity index (χ3v) is 8.46. The second-order valence-electron chi connectivity index (χ2n) is 9.02. The number of allylic oxidation sites excluding steroid dienone is 1. The first-order valence-electron chi connectivity index (χ1n) is 9.11. The van der Waals surface area contributed by atoms with Crippen molar-refractivity contribution in [2.75, 3.05) is 0 Å². The first-order chi connectivity index (χ1) is 10.3. The van der Waals surface area contributed by atoms with E-state index >= 15 is 0 Å². The topological polar surface area (TPSA) is 40.5 Å². The fourth-order valence-corrected chi connectivity index (χ4v) is 6.94. The molecule has 3 fully saturated rings. The molecule has 3 saturated carbocycles. The molecule has 4 aliphatic rings. The molecule has 4 rings (SSSR count). The number of aliphatic hydroxyl groups excluding tert-OH is 1. The summed E-state index contributed by atoms with van der Waals surface area (Å²) in [4.78, 5) is -0.894. The summed E-state index contributed by atoms with van der Waals surface area (Å²) in [5.41, 5.74) is 1.88. The minimum Gasteiger partial charge on any atom is -0.393 e. The fourth-order valence-electron chi connectivity index (χ4n) is 6.68. The Morgan fingerprint density at radius 2 is 1.82 bits per heavy atom. The van der Waals surface area contributed by atoms with Crippen molar-refractivity contribution in [1.82, 2.24) is 0 Å². The lowest BCUT2D eigenvalue weighted by molar-refractivity contribution is -0.0770. The van der Waals surface area contributed by atoms with E-state index in [2.05, 4.69) is 32.6 Å². The number of hydrogen-bond acceptors (Lipinski definition) is 3. The van der Waals surface area contributed by atoms with Gasteiger partial charge >= 0.3 is 0 Å². The average Bonchev–Trinajstić information content (AvgIpc) is 2.76. The monoisotopic (exact) mass is 322 g/mol. The van der Waals surface area contributed by atoms with Crippen molar-refractivity contribution >= 4 is 12.6 Å². The summed E-state index contributed by atoms with van der Waals surface area (Å²) in [6.07, 6.45) is 10.8. The van der Waals surface area contributed by atoms with Crippen molar-refractivity contribution in [3.63, 3.8) is 0 Å². The van der Waals surface area contributed by atoms with Crippen molar-refractivity contribution < 1.29 is 10.2 Å². The van der Waals surface area contributed by atoms with Crippen LogP contribution in [0.25, 0.3) is 0 Å². The van der Waals surface area contributed by atoms with Gasteiger partial charge in [-0.25, -0.2) is 0 Å². The van der Waals surface area contributed by atoms with Gasteiger partial charge in [0.25, 0.3) is 0 Å². The van der Waals surface area contributed by atoms with E-state index in [9.17, 15) is 10.2 Å². The van der Waals surface area contributed by atoms with Gasteiger partial charge in [0.15, 0.2) is 0 Å². The molecule has 124 valence electrons. The highest BCUT2D eigenvalue weighted by Crippen LogP contribution is 2.65. The van der Waals surface area contributed by atoms with E-state index in [-0.39, 0.29) is 16.9 Å². The normalized spacial score (nSPS) is 57.6. The second kappa shape index (κ2) is 4.77. The van der Waals surface area contributed by atoms with Crippen LogP contribution in [0.5, 0.6) is 0 Å². The molecule has 0 spiro atoms. The molecule has 22 heavy (non-hydrogen) atoms. The van der Waals surface area contributed by atoms with Crippen LogP contribution in [0.3, 0.4) is 0 Å². The van der Waals surface area contributed by atoms with E-state index in [4.69, 9.17) is 0 Å². The van der Waals surface area contributed by atoms with E-state index in [1.807, 2.05) is 0 Å². The number of fused-ring (bicyclic) bond motifs is 5. The predicted molar refractivity (Wildman–Crippen MR) is 91.6 cm³/mol. The maximum absolute atomic E-state index is 10.5. The molecular formula is C19H30O2S. The summed E-state index contributed by atoms with van der Waals surface area (Å²) < 4.78 is 0. The van der Waals surface area contributed by atoms with E-state index in [0.29, 0.717) is 5.92 Å². The standard InChI is InChI=1S/C19H30O2S/c1-17-9-10-19(21,22)11-12(17)3-4-13-14-5-6-16(20)18(14,2)8-7-15(13)17/h11,13-16,20-22H,3-10H2,1-2H3/t13-,14-,15-,16-,17-,18-,19-/m0/s1. The number of aliphatic hydroxyl groups is 2. The summed E-state index contributed by atoms with van der Waals surface area (Å²) in [6, 6.07) is 0. The molecule has 0 unspecified atom stereocenters. The van der Waals surface area contributed by atoms with Crippen molar-refractivity contribution in [3.05, 3.63) is 11.6 Å². The van der Waals surface area contributed by atoms with Gasteiger partial charge in [0.2, 0.25) is 0 Å². The fraction of sp³-hybridized carbons (Fsp3) is 0.895. The largest absolute Gasteiger partial charge is 0.393 e. The highest BCUT2D eigenvalue weighted by molar-refractivity contribution is 7.81. The van der Waals surface area contributed by atoms with Crippen LogP contribution in [0.15, 0.2) is 11.6 Å². The number of rotatable bonds is 0. The quantitative estimate of drug-likeness (QED) is 0.359. The highest BCUT2D eigenvalue weighted by atomic mass is 32.1. The van der Waals surface area contributed by atoms with Crippen LogP contribution in [0.1, 0.15) is 65.2 Å². The Bertz CT molecular complexity index is 514. The molecular weight excluding hydrogens is 292 g/mol. The van der Waals surface area contributed by atoms with Crippen LogP contribution in [0.4, 0.5) is 0 Å². The molecule has 0 saturated heterocycles. The molecule has 0 aromatic rings. The molecule has 0 aromatic heterocycles. The predicted octanol–water partition coefficient (Wildman–Crippen LogP) is 3.93. The maximum Gasteiger partial charge on any atom is 0.126 e. The van der Waals surface area contributed by atoms with Crippen molar-refractivity contribution in [2.45, 2.75) is 76.3 Å². The van der Waals surface area contributed by atoms with Crippen LogP contribution in [-0.4, -0.2) is 21.3 Å². The van der Waals surface area contributed by atoms with E-state index in [0.717, 1.165) is 37.5 Å². The van der Waals surface area contributed by atoms with Crippen LogP contribution in [0, 0.1) is 28.6 Å². The van der Waals surface area contributed by atoms with Crippen molar-refractivity contribution in [3.8, 4) is 0 Å². The lowest BCUT2D eigenvalue weighted by Gasteiger charge is -2.58. The summed E-state index contributed by atoms with van der Waals surface area (Å²) in [6.45, 7) is 4.78. The molecule has 0 aliphatic heterocycles. The maximum atomic E-state index is 10.5. The Hall–Kier alpha value is 0.01000.